The fraction of sp³-hybridized carbons (Fsp3) is 0.533. The quantitative estimate of drug-likeness (QED) is 0.870. The van der Waals surface area contributed by atoms with E-state index in [0.29, 0.717) is 5.75 Å². The Morgan fingerprint density at radius 2 is 2.21 bits per heavy atom. The zero-order valence-electron chi connectivity index (χ0n) is 11.3. The summed E-state index contributed by atoms with van der Waals surface area (Å²) >= 11 is 0. The molecule has 1 aliphatic carbocycles. The highest BCUT2D eigenvalue weighted by molar-refractivity contribution is 5.77. The SMILES string of the molecule is Cc1cccc(OCC(=O)NC2CCCCC2O)c1. The number of carbonyl (C=O) groups excluding carboxylic acids is 1. The van der Waals surface area contributed by atoms with Gasteiger partial charge in [-0.25, -0.2) is 0 Å². The van der Waals surface area contributed by atoms with Crippen molar-refractivity contribution >= 4 is 5.91 Å². The molecule has 2 N–H and O–H groups in total. The number of benzene rings is 1. The average molecular weight is 263 g/mol. The highest BCUT2D eigenvalue weighted by Gasteiger charge is 2.24. The lowest BCUT2D eigenvalue weighted by Crippen LogP contribution is -2.46. The number of carbonyl (C=O) groups is 1. The molecule has 1 aromatic carbocycles. The van der Waals surface area contributed by atoms with E-state index < -0.39 is 6.10 Å². The Bertz CT molecular complexity index is 433. The van der Waals surface area contributed by atoms with Crippen molar-refractivity contribution in [2.24, 2.45) is 0 Å². The van der Waals surface area contributed by atoms with Gasteiger partial charge in [-0.05, 0) is 37.5 Å². The number of amides is 1. The van der Waals surface area contributed by atoms with Crippen LogP contribution in [0.4, 0.5) is 0 Å². The van der Waals surface area contributed by atoms with Crippen LogP contribution in [0.2, 0.25) is 0 Å². The van der Waals surface area contributed by atoms with Crippen LogP contribution in [0.25, 0.3) is 0 Å². The maximum Gasteiger partial charge on any atom is 0.258 e. The van der Waals surface area contributed by atoms with Crippen LogP contribution in [-0.4, -0.2) is 29.8 Å². The summed E-state index contributed by atoms with van der Waals surface area (Å²) in [6.45, 7) is 1.97. The van der Waals surface area contributed by atoms with Crippen LogP contribution in [0.5, 0.6) is 5.75 Å². The fourth-order valence-corrected chi connectivity index (χ4v) is 2.38. The smallest absolute Gasteiger partial charge is 0.258 e. The molecule has 0 aliphatic heterocycles. The summed E-state index contributed by atoms with van der Waals surface area (Å²) in [6.07, 6.45) is 3.28. The van der Waals surface area contributed by atoms with Gasteiger partial charge in [0.05, 0.1) is 12.1 Å². The van der Waals surface area contributed by atoms with Crippen molar-refractivity contribution in [1.29, 1.82) is 0 Å². The topological polar surface area (TPSA) is 58.6 Å². The van der Waals surface area contributed by atoms with Gasteiger partial charge in [-0.3, -0.25) is 4.79 Å². The molecule has 0 aromatic heterocycles. The van der Waals surface area contributed by atoms with Gasteiger partial charge in [0.25, 0.3) is 5.91 Å². The molecule has 4 heteroatoms. The van der Waals surface area contributed by atoms with Crippen LogP contribution in [0.15, 0.2) is 24.3 Å². The molecule has 0 radical (unpaired) electrons. The lowest BCUT2D eigenvalue weighted by atomic mass is 9.92. The third-order valence-electron chi connectivity index (χ3n) is 3.44. The van der Waals surface area contributed by atoms with Gasteiger partial charge in [-0.2, -0.15) is 0 Å². The number of hydrogen-bond acceptors (Lipinski definition) is 3. The van der Waals surface area contributed by atoms with Crippen molar-refractivity contribution in [2.45, 2.75) is 44.8 Å². The molecule has 4 nitrogen and oxygen atoms in total. The Kier molecular flexibility index (Phi) is 4.80. The molecule has 2 atom stereocenters. The number of aryl methyl sites for hydroxylation is 1. The third-order valence-corrected chi connectivity index (χ3v) is 3.44. The summed E-state index contributed by atoms with van der Waals surface area (Å²) < 4.78 is 5.43. The average Bonchev–Trinajstić information content (AvgIpc) is 2.39. The lowest BCUT2D eigenvalue weighted by Gasteiger charge is -2.28. The van der Waals surface area contributed by atoms with Crippen LogP contribution in [-0.2, 0) is 4.79 Å². The van der Waals surface area contributed by atoms with E-state index in [4.69, 9.17) is 4.74 Å². The first kappa shape index (κ1) is 13.9. The highest BCUT2D eigenvalue weighted by Crippen LogP contribution is 2.18. The molecule has 104 valence electrons. The third kappa shape index (κ3) is 4.24. The Morgan fingerprint density at radius 3 is 2.95 bits per heavy atom. The molecule has 0 spiro atoms. The Morgan fingerprint density at radius 1 is 1.42 bits per heavy atom. The first-order chi connectivity index (χ1) is 9.15. The number of hydrogen-bond donors (Lipinski definition) is 2. The first-order valence-corrected chi connectivity index (χ1v) is 6.82. The van der Waals surface area contributed by atoms with E-state index in [9.17, 15) is 9.90 Å². The van der Waals surface area contributed by atoms with Crippen LogP contribution in [0.1, 0.15) is 31.2 Å². The molecular weight excluding hydrogens is 242 g/mol. The van der Waals surface area contributed by atoms with Crippen molar-refractivity contribution < 1.29 is 14.6 Å². The molecule has 1 fully saturated rings. The predicted molar refractivity (Wildman–Crippen MR) is 73.1 cm³/mol. The van der Waals surface area contributed by atoms with E-state index in [1.54, 1.807) is 0 Å². The van der Waals surface area contributed by atoms with Crippen molar-refractivity contribution in [3.63, 3.8) is 0 Å². The first-order valence-electron chi connectivity index (χ1n) is 6.82. The monoisotopic (exact) mass is 263 g/mol. The minimum absolute atomic E-state index is 0.00727. The van der Waals surface area contributed by atoms with Crippen LogP contribution >= 0.6 is 0 Å². The van der Waals surface area contributed by atoms with Crippen LogP contribution in [0, 0.1) is 6.92 Å². The van der Waals surface area contributed by atoms with Gasteiger partial charge in [0.1, 0.15) is 5.75 Å². The molecule has 1 saturated carbocycles. The Balaban J connectivity index is 1.78. The summed E-state index contributed by atoms with van der Waals surface area (Å²) in [4.78, 5) is 11.8. The van der Waals surface area contributed by atoms with Crippen molar-refractivity contribution in [2.75, 3.05) is 6.61 Å². The second-order valence-corrected chi connectivity index (χ2v) is 5.13. The Hall–Kier alpha value is -1.55. The van der Waals surface area contributed by atoms with E-state index >= 15 is 0 Å². The van der Waals surface area contributed by atoms with Crippen molar-refractivity contribution in [1.82, 2.24) is 5.32 Å². The highest BCUT2D eigenvalue weighted by atomic mass is 16.5. The van der Waals surface area contributed by atoms with Crippen molar-refractivity contribution in [3.05, 3.63) is 29.8 Å². The summed E-state index contributed by atoms with van der Waals surface area (Å²) in [6, 6.07) is 7.47. The van der Waals surface area contributed by atoms with Gasteiger partial charge < -0.3 is 15.2 Å². The standard InChI is InChI=1S/C15H21NO3/c1-11-5-4-6-12(9-11)19-10-15(18)16-13-7-2-3-8-14(13)17/h4-6,9,13-14,17H,2-3,7-8,10H2,1H3,(H,16,18). The number of ether oxygens (including phenoxy) is 1. The van der Waals surface area contributed by atoms with Crippen LogP contribution in [0.3, 0.4) is 0 Å². The number of aliphatic hydroxyl groups is 1. The summed E-state index contributed by atoms with van der Waals surface area (Å²) in [5.74, 6) is 0.520. The van der Waals surface area contributed by atoms with Gasteiger partial charge in [-0.1, -0.05) is 25.0 Å². The number of rotatable bonds is 4. The zero-order chi connectivity index (χ0) is 13.7. The maximum atomic E-state index is 11.8. The summed E-state index contributed by atoms with van der Waals surface area (Å²) in [5, 5.41) is 12.6. The molecule has 1 aromatic rings. The second-order valence-electron chi connectivity index (χ2n) is 5.13. The minimum Gasteiger partial charge on any atom is -0.484 e. The van der Waals surface area contributed by atoms with E-state index in [1.807, 2.05) is 31.2 Å². The maximum absolute atomic E-state index is 11.8. The lowest BCUT2D eigenvalue weighted by molar-refractivity contribution is -0.125. The molecule has 2 rings (SSSR count). The van der Waals surface area contributed by atoms with Gasteiger partial charge >= 0.3 is 0 Å². The molecular formula is C15H21NO3. The molecule has 0 saturated heterocycles. The summed E-state index contributed by atoms with van der Waals surface area (Å²) in [5.41, 5.74) is 1.10. The zero-order valence-corrected chi connectivity index (χ0v) is 11.3. The van der Waals surface area contributed by atoms with Gasteiger partial charge in [-0.15, -0.1) is 0 Å². The second kappa shape index (κ2) is 6.57. The van der Waals surface area contributed by atoms with Gasteiger partial charge in [0, 0.05) is 0 Å². The van der Waals surface area contributed by atoms with E-state index in [1.165, 1.54) is 0 Å². The Labute approximate surface area is 113 Å². The largest absolute Gasteiger partial charge is 0.484 e. The number of nitrogens with one attached hydrogen (secondary N) is 1. The van der Waals surface area contributed by atoms with Gasteiger partial charge in [0.2, 0.25) is 0 Å². The molecule has 0 heterocycles. The predicted octanol–water partition coefficient (Wildman–Crippen LogP) is 1.79. The van der Waals surface area contributed by atoms with E-state index in [2.05, 4.69) is 5.32 Å². The molecule has 1 aliphatic rings. The summed E-state index contributed by atoms with van der Waals surface area (Å²) in [7, 11) is 0. The fourth-order valence-electron chi connectivity index (χ4n) is 2.38. The van der Waals surface area contributed by atoms with E-state index in [-0.39, 0.29) is 18.6 Å². The molecule has 1 amide bonds. The van der Waals surface area contributed by atoms with Gasteiger partial charge in [0.15, 0.2) is 6.61 Å². The molecule has 0 bridgehead atoms. The van der Waals surface area contributed by atoms with E-state index in [0.717, 1.165) is 31.2 Å². The van der Waals surface area contributed by atoms with Crippen molar-refractivity contribution in [3.8, 4) is 5.75 Å². The molecule has 2 unspecified atom stereocenters. The molecule has 19 heavy (non-hydrogen) atoms. The normalized spacial score (nSPS) is 22.8. The van der Waals surface area contributed by atoms with Crippen LogP contribution < -0.4 is 10.1 Å². The number of aliphatic hydroxyl groups excluding tert-OH is 1. The minimum atomic E-state index is -0.420.